The van der Waals surface area contributed by atoms with E-state index in [0.29, 0.717) is 32.5 Å². The molecule has 3 N–H and O–H groups in total. The molecule has 0 spiro atoms. The van der Waals surface area contributed by atoms with Crippen LogP contribution in [-0.4, -0.2) is 88.1 Å². The number of thiazole rings is 1. The molecular formula is C37H48N6O6S. The zero-order chi connectivity index (χ0) is 36.2. The molecule has 2 aromatic heterocycles. The van der Waals surface area contributed by atoms with E-state index in [9.17, 15) is 24.3 Å². The van der Waals surface area contributed by atoms with Crippen LogP contribution in [0.4, 0.5) is 5.69 Å². The first-order valence-corrected chi connectivity index (χ1v) is 18.1. The standard InChI is InChI=1S/C37H48N6O6S/c1-7-49-36(48)26-14-16-42(17-15-26)27-12-13-29(38-19-27)33(45)41-32(37(4,5)6)35(47)43-20-28(44)18-30(43)34(46)40-22(2)24-8-10-25(11-9-24)31-23(3)39-21-50-31/h8-13,19,21-22,26,28,30,32,44H,7,14-18,20H2,1-6H3,(H,40,46)(H,41,45)/t22?,28-,30+,32?/m1/s1. The summed E-state index contributed by atoms with van der Waals surface area (Å²) in [5.41, 5.74) is 5.02. The highest BCUT2D eigenvalue weighted by atomic mass is 32.1. The molecule has 2 fully saturated rings. The molecule has 1 aromatic carbocycles. The average Bonchev–Trinajstić information content (AvgIpc) is 3.71. The largest absolute Gasteiger partial charge is 0.466 e. The van der Waals surface area contributed by atoms with Gasteiger partial charge in [-0.3, -0.25) is 19.2 Å². The van der Waals surface area contributed by atoms with Crippen molar-refractivity contribution in [1.29, 1.82) is 0 Å². The lowest BCUT2D eigenvalue weighted by Gasteiger charge is -2.35. The molecule has 12 nitrogen and oxygen atoms in total. The summed E-state index contributed by atoms with van der Waals surface area (Å²) in [6.45, 7) is 12.9. The number of likely N-dealkylation sites (tertiary alicyclic amines) is 1. The van der Waals surface area contributed by atoms with Crippen LogP contribution >= 0.6 is 11.3 Å². The van der Waals surface area contributed by atoms with E-state index in [-0.39, 0.29) is 42.5 Å². The third-order valence-electron chi connectivity index (χ3n) is 9.49. The number of carbonyl (C=O) groups is 4. The molecule has 4 heterocycles. The van der Waals surface area contributed by atoms with Gasteiger partial charge in [-0.1, -0.05) is 45.0 Å². The second-order valence-electron chi connectivity index (χ2n) is 14.2. The molecule has 2 saturated heterocycles. The number of benzene rings is 1. The minimum atomic E-state index is -0.987. The van der Waals surface area contributed by atoms with Crippen LogP contribution in [0.15, 0.2) is 48.1 Å². The lowest BCUT2D eigenvalue weighted by Crippen LogP contribution is -2.58. The van der Waals surface area contributed by atoms with Crippen molar-refractivity contribution in [2.75, 3.05) is 31.1 Å². The van der Waals surface area contributed by atoms with E-state index < -0.39 is 35.4 Å². The molecule has 3 aromatic rings. The number of hydrogen-bond donors (Lipinski definition) is 3. The number of pyridine rings is 1. The minimum absolute atomic E-state index is 0.0174. The first kappa shape index (κ1) is 36.9. The van der Waals surface area contributed by atoms with Crippen molar-refractivity contribution in [3.63, 3.8) is 0 Å². The Balaban J connectivity index is 1.22. The van der Waals surface area contributed by atoms with Crippen LogP contribution in [0.25, 0.3) is 10.4 Å². The number of hydrogen-bond acceptors (Lipinski definition) is 10. The number of nitrogens with zero attached hydrogens (tertiary/aromatic N) is 4. The van der Waals surface area contributed by atoms with Crippen molar-refractivity contribution in [2.24, 2.45) is 11.3 Å². The van der Waals surface area contributed by atoms with Gasteiger partial charge in [-0.15, -0.1) is 11.3 Å². The second kappa shape index (κ2) is 15.7. The minimum Gasteiger partial charge on any atom is -0.466 e. The van der Waals surface area contributed by atoms with Crippen molar-refractivity contribution < 1.29 is 29.0 Å². The van der Waals surface area contributed by atoms with E-state index >= 15 is 0 Å². The number of aryl methyl sites for hydroxylation is 1. The summed E-state index contributed by atoms with van der Waals surface area (Å²) < 4.78 is 5.16. The summed E-state index contributed by atoms with van der Waals surface area (Å²) >= 11 is 1.58. The van der Waals surface area contributed by atoms with Gasteiger partial charge in [-0.25, -0.2) is 9.97 Å². The van der Waals surface area contributed by atoms with Crippen LogP contribution in [0, 0.1) is 18.3 Å². The predicted molar refractivity (Wildman–Crippen MR) is 191 cm³/mol. The normalized spacial score (nSPS) is 19.5. The van der Waals surface area contributed by atoms with Gasteiger partial charge in [-0.2, -0.15) is 0 Å². The number of aromatic nitrogens is 2. The number of anilines is 1. The number of β-amino-alcohol motifs (C(OH)–C–C–N with tert-alkyl or cyclic N) is 1. The molecule has 50 heavy (non-hydrogen) atoms. The van der Waals surface area contributed by atoms with Crippen LogP contribution in [0.1, 0.15) is 81.7 Å². The summed E-state index contributed by atoms with van der Waals surface area (Å²) in [6.07, 6.45) is 2.21. The molecule has 0 aliphatic carbocycles. The monoisotopic (exact) mass is 704 g/mol. The fourth-order valence-electron chi connectivity index (χ4n) is 6.56. The molecular weight excluding hydrogens is 657 g/mol. The Bertz CT molecular complexity index is 1660. The summed E-state index contributed by atoms with van der Waals surface area (Å²) in [4.78, 5) is 66.6. The van der Waals surface area contributed by atoms with Crippen molar-refractivity contribution in [3.05, 3.63) is 65.1 Å². The molecule has 0 saturated carbocycles. The fourth-order valence-corrected chi connectivity index (χ4v) is 7.37. The topological polar surface area (TPSA) is 154 Å². The smallest absolute Gasteiger partial charge is 0.309 e. The molecule has 3 amide bonds. The summed E-state index contributed by atoms with van der Waals surface area (Å²) in [5, 5.41) is 16.5. The van der Waals surface area contributed by atoms with Crippen LogP contribution in [0.3, 0.4) is 0 Å². The Labute approximate surface area is 297 Å². The Morgan fingerprint density at radius 1 is 1.04 bits per heavy atom. The SMILES string of the molecule is CCOC(=O)C1CCN(c2ccc(C(=O)NC(C(=O)N3C[C@H](O)C[C@H]3C(=O)NC(C)c3ccc(-c4scnc4C)cc3)C(C)(C)C)nc2)CC1. The Kier molecular flexibility index (Phi) is 11.6. The number of nitrogens with one attached hydrogen (secondary N) is 2. The van der Waals surface area contributed by atoms with Gasteiger partial charge in [0, 0.05) is 26.1 Å². The fraction of sp³-hybridized carbons (Fsp3) is 0.514. The first-order chi connectivity index (χ1) is 23.8. The summed E-state index contributed by atoms with van der Waals surface area (Å²) in [6, 6.07) is 9.14. The number of ether oxygens (including phenoxy) is 1. The number of amides is 3. The van der Waals surface area contributed by atoms with Crippen LogP contribution in [0.5, 0.6) is 0 Å². The summed E-state index contributed by atoms with van der Waals surface area (Å²) in [7, 11) is 0. The lowest BCUT2D eigenvalue weighted by atomic mass is 9.85. The Morgan fingerprint density at radius 2 is 1.74 bits per heavy atom. The van der Waals surface area contributed by atoms with Crippen molar-refractivity contribution in [2.45, 2.75) is 85.0 Å². The highest BCUT2D eigenvalue weighted by Crippen LogP contribution is 2.30. The van der Waals surface area contributed by atoms with E-state index in [4.69, 9.17) is 4.74 Å². The molecule has 5 rings (SSSR count). The van der Waals surface area contributed by atoms with Gasteiger partial charge in [-0.05, 0) is 62.3 Å². The van der Waals surface area contributed by atoms with Gasteiger partial charge < -0.3 is 30.3 Å². The first-order valence-electron chi connectivity index (χ1n) is 17.2. The van der Waals surface area contributed by atoms with Crippen LogP contribution < -0.4 is 15.5 Å². The number of aliphatic hydroxyl groups is 1. The number of rotatable bonds is 10. The molecule has 2 aliphatic rings. The van der Waals surface area contributed by atoms with E-state index in [2.05, 4.69) is 25.5 Å². The average molecular weight is 705 g/mol. The molecule has 2 unspecified atom stereocenters. The quantitative estimate of drug-likeness (QED) is 0.263. The zero-order valence-electron chi connectivity index (χ0n) is 29.6. The van der Waals surface area contributed by atoms with Gasteiger partial charge in [0.25, 0.3) is 5.91 Å². The van der Waals surface area contributed by atoms with Gasteiger partial charge in [0.15, 0.2) is 0 Å². The number of carbonyl (C=O) groups excluding carboxylic acids is 4. The molecule has 0 radical (unpaired) electrons. The number of piperidine rings is 1. The molecule has 0 bridgehead atoms. The zero-order valence-corrected chi connectivity index (χ0v) is 30.5. The maximum absolute atomic E-state index is 14.1. The maximum Gasteiger partial charge on any atom is 0.309 e. The molecule has 13 heteroatoms. The highest BCUT2D eigenvalue weighted by Gasteiger charge is 2.45. The second-order valence-corrected chi connectivity index (χ2v) is 15.1. The third kappa shape index (κ3) is 8.50. The number of esters is 1. The van der Waals surface area contributed by atoms with E-state index in [0.717, 1.165) is 27.4 Å². The van der Waals surface area contributed by atoms with Crippen molar-refractivity contribution >= 4 is 40.7 Å². The summed E-state index contributed by atoms with van der Waals surface area (Å²) in [5.74, 6) is -1.60. The number of aliphatic hydroxyl groups excluding tert-OH is 1. The maximum atomic E-state index is 14.1. The molecule has 2 aliphatic heterocycles. The Morgan fingerprint density at radius 3 is 2.32 bits per heavy atom. The third-order valence-corrected chi connectivity index (χ3v) is 10.5. The van der Waals surface area contributed by atoms with E-state index in [1.165, 1.54) is 4.90 Å². The van der Waals surface area contributed by atoms with Gasteiger partial charge in [0.2, 0.25) is 11.8 Å². The van der Waals surface area contributed by atoms with Gasteiger partial charge in [0.1, 0.15) is 17.8 Å². The van der Waals surface area contributed by atoms with E-state index in [1.807, 2.05) is 70.5 Å². The molecule has 4 atom stereocenters. The molecule has 268 valence electrons. The van der Waals surface area contributed by atoms with Crippen LogP contribution in [0.2, 0.25) is 0 Å². The van der Waals surface area contributed by atoms with Crippen molar-refractivity contribution in [3.8, 4) is 10.4 Å². The predicted octanol–water partition coefficient (Wildman–Crippen LogP) is 4.28. The van der Waals surface area contributed by atoms with Gasteiger partial charge >= 0.3 is 5.97 Å². The van der Waals surface area contributed by atoms with Crippen LogP contribution in [-0.2, 0) is 19.1 Å². The Hall–Kier alpha value is -4.36. The van der Waals surface area contributed by atoms with E-state index in [1.54, 1.807) is 30.5 Å². The highest BCUT2D eigenvalue weighted by molar-refractivity contribution is 7.13. The van der Waals surface area contributed by atoms with Crippen molar-refractivity contribution in [1.82, 2.24) is 25.5 Å². The van der Waals surface area contributed by atoms with Gasteiger partial charge in [0.05, 0.1) is 52.6 Å². The lowest BCUT2D eigenvalue weighted by molar-refractivity contribution is -0.148.